The van der Waals surface area contributed by atoms with E-state index in [1.165, 1.54) is 16.4 Å². The van der Waals surface area contributed by atoms with Gasteiger partial charge in [-0.3, -0.25) is 4.98 Å². The Bertz CT molecular complexity index is 835. The van der Waals surface area contributed by atoms with Gasteiger partial charge in [-0.2, -0.15) is 4.31 Å². The molecule has 2 amide bonds. The van der Waals surface area contributed by atoms with Gasteiger partial charge in [0.05, 0.1) is 4.90 Å². The Labute approximate surface area is 145 Å². The van der Waals surface area contributed by atoms with Crippen molar-refractivity contribution >= 4 is 21.7 Å². The highest BCUT2D eigenvalue weighted by Crippen LogP contribution is 2.18. The highest BCUT2D eigenvalue weighted by Gasteiger charge is 2.30. The number of amides is 2. The molecule has 2 aromatic rings. The molecule has 2 heterocycles. The second kappa shape index (κ2) is 7.16. The molecule has 1 aliphatic heterocycles. The van der Waals surface area contributed by atoms with Crippen molar-refractivity contribution < 1.29 is 17.6 Å². The number of nitrogens with zero attached hydrogens (tertiary/aromatic N) is 3. The first-order chi connectivity index (χ1) is 12.0. The maximum absolute atomic E-state index is 13.0. The van der Waals surface area contributed by atoms with Gasteiger partial charge in [-0.05, 0) is 36.4 Å². The number of hydrogen-bond donors (Lipinski definition) is 1. The molecule has 1 aromatic heterocycles. The summed E-state index contributed by atoms with van der Waals surface area (Å²) in [6.07, 6.45) is 3.14. The molecule has 9 heteroatoms. The van der Waals surface area contributed by atoms with Crippen molar-refractivity contribution in [1.82, 2.24) is 14.2 Å². The Morgan fingerprint density at radius 1 is 1.00 bits per heavy atom. The smallest absolute Gasteiger partial charge is 0.321 e. The predicted molar refractivity (Wildman–Crippen MR) is 90.0 cm³/mol. The van der Waals surface area contributed by atoms with Gasteiger partial charge in [0.15, 0.2) is 0 Å². The minimum absolute atomic E-state index is 0.0450. The molecule has 1 aromatic carbocycles. The van der Waals surface area contributed by atoms with Gasteiger partial charge in [0.1, 0.15) is 5.82 Å². The first-order valence-corrected chi connectivity index (χ1v) is 9.12. The minimum atomic E-state index is -3.69. The van der Waals surface area contributed by atoms with Gasteiger partial charge in [-0.15, -0.1) is 0 Å². The summed E-state index contributed by atoms with van der Waals surface area (Å²) < 4.78 is 39.4. The van der Waals surface area contributed by atoms with Gasteiger partial charge < -0.3 is 10.2 Å². The van der Waals surface area contributed by atoms with Crippen LogP contribution in [0.5, 0.6) is 0 Å². The lowest BCUT2D eigenvalue weighted by molar-refractivity contribution is 0.184. The third kappa shape index (κ3) is 3.94. The van der Waals surface area contributed by atoms with Crippen molar-refractivity contribution in [3.05, 3.63) is 54.6 Å². The molecule has 0 aliphatic carbocycles. The summed E-state index contributed by atoms with van der Waals surface area (Å²) in [5.41, 5.74) is 0.626. The maximum atomic E-state index is 13.0. The molecule has 132 valence electrons. The van der Waals surface area contributed by atoms with Crippen molar-refractivity contribution in [3.63, 3.8) is 0 Å². The fourth-order valence-corrected chi connectivity index (χ4v) is 3.95. The number of nitrogens with one attached hydrogen (secondary N) is 1. The van der Waals surface area contributed by atoms with Gasteiger partial charge in [-0.1, -0.05) is 0 Å². The highest BCUT2D eigenvalue weighted by atomic mass is 32.2. The van der Waals surface area contributed by atoms with E-state index >= 15 is 0 Å². The molecular formula is C16H17FN4O3S. The topological polar surface area (TPSA) is 82.6 Å². The molecule has 0 atom stereocenters. The van der Waals surface area contributed by atoms with Crippen LogP contribution in [0, 0.1) is 5.82 Å². The van der Waals surface area contributed by atoms with Crippen molar-refractivity contribution in [2.75, 3.05) is 31.5 Å². The maximum Gasteiger partial charge on any atom is 0.321 e. The van der Waals surface area contributed by atoms with Crippen LogP contribution >= 0.6 is 0 Å². The third-order valence-corrected chi connectivity index (χ3v) is 5.82. The SMILES string of the molecule is O=C(Nc1ccncc1)N1CCN(S(=O)(=O)c2ccc(F)cc2)CC1. The lowest BCUT2D eigenvalue weighted by atomic mass is 10.3. The number of rotatable bonds is 3. The molecule has 3 rings (SSSR count). The number of anilines is 1. The number of aromatic nitrogens is 1. The Balaban J connectivity index is 1.61. The summed E-state index contributed by atoms with van der Waals surface area (Å²) in [5.74, 6) is -0.489. The first kappa shape index (κ1) is 17.3. The van der Waals surface area contributed by atoms with Crippen LogP contribution in [0.25, 0.3) is 0 Å². The number of urea groups is 1. The number of piperazine rings is 1. The molecule has 1 saturated heterocycles. The predicted octanol–water partition coefficient (Wildman–Crippen LogP) is 1.76. The zero-order valence-corrected chi connectivity index (χ0v) is 14.1. The molecule has 0 bridgehead atoms. The normalized spacial score (nSPS) is 15.8. The molecular weight excluding hydrogens is 347 g/mol. The zero-order valence-electron chi connectivity index (χ0n) is 13.3. The van der Waals surface area contributed by atoms with Crippen molar-refractivity contribution in [3.8, 4) is 0 Å². The van der Waals surface area contributed by atoms with E-state index < -0.39 is 15.8 Å². The van der Waals surface area contributed by atoms with E-state index in [9.17, 15) is 17.6 Å². The van der Waals surface area contributed by atoms with Gasteiger partial charge in [0.25, 0.3) is 0 Å². The summed E-state index contributed by atoms with van der Waals surface area (Å²) in [6, 6.07) is 7.78. The summed E-state index contributed by atoms with van der Waals surface area (Å²) in [4.78, 5) is 17.7. The summed E-state index contributed by atoms with van der Waals surface area (Å²) >= 11 is 0. The quantitative estimate of drug-likeness (QED) is 0.900. The van der Waals surface area contributed by atoms with Crippen molar-refractivity contribution in [2.45, 2.75) is 4.90 Å². The number of halogens is 1. The fraction of sp³-hybridized carbons (Fsp3) is 0.250. The molecule has 0 spiro atoms. The van der Waals surface area contributed by atoms with E-state index in [2.05, 4.69) is 10.3 Å². The number of hydrogen-bond acceptors (Lipinski definition) is 4. The summed E-state index contributed by atoms with van der Waals surface area (Å²) in [7, 11) is -3.69. The molecule has 0 radical (unpaired) electrons. The van der Waals surface area contributed by atoms with Crippen molar-refractivity contribution in [2.24, 2.45) is 0 Å². The summed E-state index contributed by atoms with van der Waals surface area (Å²) in [6.45, 7) is 0.918. The second-order valence-corrected chi connectivity index (χ2v) is 7.45. The van der Waals surface area contributed by atoms with Crippen LogP contribution in [-0.4, -0.2) is 54.8 Å². The van der Waals surface area contributed by atoms with E-state index in [0.717, 1.165) is 12.1 Å². The van der Waals surface area contributed by atoms with Gasteiger partial charge in [-0.25, -0.2) is 17.6 Å². The van der Waals surface area contributed by atoms with Crippen LogP contribution in [0.15, 0.2) is 53.7 Å². The molecule has 0 unspecified atom stereocenters. The van der Waals surface area contributed by atoms with Crippen LogP contribution in [0.3, 0.4) is 0 Å². The van der Waals surface area contributed by atoms with Crippen LogP contribution in [0.2, 0.25) is 0 Å². The van der Waals surface area contributed by atoms with E-state index in [-0.39, 0.29) is 37.1 Å². The third-order valence-electron chi connectivity index (χ3n) is 3.91. The molecule has 1 fully saturated rings. The average Bonchev–Trinajstić information content (AvgIpc) is 2.63. The number of carbonyl (C=O) groups excluding carboxylic acids is 1. The lowest BCUT2D eigenvalue weighted by Crippen LogP contribution is -2.51. The number of benzene rings is 1. The average molecular weight is 364 g/mol. The van der Waals surface area contributed by atoms with E-state index in [0.29, 0.717) is 5.69 Å². The number of pyridine rings is 1. The van der Waals surface area contributed by atoms with Crippen molar-refractivity contribution in [1.29, 1.82) is 0 Å². The minimum Gasteiger partial charge on any atom is -0.322 e. The molecule has 0 saturated carbocycles. The molecule has 1 aliphatic rings. The van der Waals surface area contributed by atoms with Gasteiger partial charge in [0, 0.05) is 44.3 Å². The Kier molecular flexibility index (Phi) is 4.95. The largest absolute Gasteiger partial charge is 0.322 e. The molecule has 7 nitrogen and oxygen atoms in total. The van der Waals surface area contributed by atoms with E-state index in [1.54, 1.807) is 29.4 Å². The lowest BCUT2D eigenvalue weighted by Gasteiger charge is -2.34. The van der Waals surface area contributed by atoms with E-state index in [1.807, 2.05) is 0 Å². The molecule has 1 N–H and O–H groups in total. The zero-order chi connectivity index (χ0) is 17.9. The first-order valence-electron chi connectivity index (χ1n) is 7.68. The van der Waals surface area contributed by atoms with Gasteiger partial charge >= 0.3 is 6.03 Å². The standard InChI is InChI=1S/C16H17FN4O3S/c17-13-1-3-15(4-2-13)25(23,24)21-11-9-20(10-12-21)16(22)19-14-5-7-18-8-6-14/h1-8H,9-12H2,(H,18,19,22). The Morgan fingerprint density at radius 2 is 1.60 bits per heavy atom. The van der Waals surface area contributed by atoms with Gasteiger partial charge in [0.2, 0.25) is 10.0 Å². The highest BCUT2D eigenvalue weighted by molar-refractivity contribution is 7.89. The van der Waals surface area contributed by atoms with Crippen LogP contribution in [0.4, 0.5) is 14.9 Å². The second-order valence-electron chi connectivity index (χ2n) is 5.51. The Hall–Kier alpha value is -2.52. The van der Waals surface area contributed by atoms with Crippen LogP contribution in [-0.2, 0) is 10.0 Å². The number of sulfonamides is 1. The number of carbonyl (C=O) groups is 1. The monoisotopic (exact) mass is 364 g/mol. The Morgan fingerprint density at radius 3 is 2.20 bits per heavy atom. The fourth-order valence-electron chi connectivity index (χ4n) is 2.52. The van der Waals surface area contributed by atoms with Crippen LogP contribution in [0.1, 0.15) is 0 Å². The summed E-state index contributed by atoms with van der Waals surface area (Å²) in [5, 5.41) is 2.74. The molecule has 25 heavy (non-hydrogen) atoms. The van der Waals surface area contributed by atoms with Crippen LogP contribution < -0.4 is 5.32 Å². The van der Waals surface area contributed by atoms with E-state index in [4.69, 9.17) is 0 Å².